The standard InChI is InChI=1S/C23H31FN2O3/c1-28-22-8-7-19(15-25-10-9-18-5-4-6-20(24)13-18)14-23(22)29-17-21(27)16-26-11-2-3-12-26/h4-8,13-14,21,25,27H,2-3,9-12,15-17H2,1H3/t21-/m1/s1. The molecule has 1 fully saturated rings. The van der Waals surface area contributed by atoms with Crippen molar-refractivity contribution >= 4 is 0 Å². The molecule has 29 heavy (non-hydrogen) atoms. The van der Waals surface area contributed by atoms with E-state index in [4.69, 9.17) is 9.47 Å². The van der Waals surface area contributed by atoms with Crippen LogP contribution in [-0.2, 0) is 13.0 Å². The van der Waals surface area contributed by atoms with Gasteiger partial charge in [0.1, 0.15) is 18.5 Å². The second-order valence-corrected chi connectivity index (χ2v) is 7.51. The Morgan fingerprint density at radius 1 is 1.10 bits per heavy atom. The Bertz CT molecular complexity index is 766. The van der Waals surface area contributed by atoms with Crippen LogP contribution in [0, 0.1) is 5.82 Å². The number of likely N-dealkylation sites (tertiary alicyclic amines) is 1. The number of nitrogens with zero attached hydrogens (tertiary/aromatic N) is 1. The summed E-state index contributed by atoms with van der Waals surface area (Å²) in [6.45, 7) is 4.41. The zero-order chi connectivity index (χ0) is 20.5. The van der Waals surface area contributed by atoms with Gasteiger partial charge in [0.2, 0.25) is 0 Å². The highest BCUT2D eigenvalue weighted by Gasteiger charge is 2.17. The zero-order valence-corrected chi connectivity index (χ0v) is 17.1. The maximum Gasteiger partial charge on any atom is 0.161 e. The maximum absolute atomic E-state index is 13.2. The lowest BCUT2D eigenvalue weighted by molar-refractivity contribution is 0.0746. The van der Waals surface area contributed by atoms with Crippen LogP contribution in [0.4, 0.5) is 4.39 Å². The number of benzene rings is 2. The number of rotatable bonds is 11. The van der Waals surface area contributed by atoms with E-state index in [1.165, 1.54) is 18.9 Å². The predicted molar refractivity (Wildman–Crippen MR) is 112 cm³/mol. The predicted octanol–water partition coefficient (Wildman–Crippen LogP) is 3.00. The van der Waals surface area contributed by atoms with E-state index in [2.05, 4.69) is 10.2 Å². The number of hydrogen-bond acceptors (Lipinski definition) is 5. The minimum atomic E-state index is -0.522. The normalized spacial score (nSPS) is 15.4. The number of halogens is 1. The zero-order valence-electron chi connectivity index (χ0n) is 17.1. The van der Waals surface area contributed by atoms with Crippen molar-refractivity contribution in [3.8, 4) is 11.5 Å². The Balaban J connectivity index is 1.47. The van der Waals surface area contributed by atoms with Gasteiger partial charge in [-0.3, -0.25) is 0 Å². The highest BCUT2D eigenvalue weighted by Crippen LogP contribution is 2.28. The first-order valence-corrected chi connectivity index (χ1v) is 10.3. The van der Waals surface area contributed by atoms with Gasteiger partial charge in [-0.25, -0.2) is 4.39 Å². The van der Waals surface area contributed by atoms with E-state index in [9.17, 15) is 9.50 Å². The Hall–Kier alpha value is -2.15. The molecule has 0 aromatic heterocycles. The molecule has 2 aromatic carbocycles. The molecule has 1 aliphatic heterocycles. The lowest BCUT2D eigenvalue weighted by Crippen LogP contribution is -2.33. The third-order valence-corrected chi connectivity index (χ3v) is 5.14. The third-order valence-electron chi connectivity index (χ3n) is 5.14. The number of hydrogen-bond donors (Lipinski definition) is 2. The lowest BCUT2D eigenvalue weighted by Gasteiger charge is -2.20. The number of ether oxygens (including phenoxy) is 2. The molecule has 3 rings (SSSR count). The lowest BCUT2D eigenvalue weighted by atomic mass is 10.1. The van der Waals surface area contributed by atoms with Crippen molar-refractivity contribution in [2.45, 2.75) is 31.9 Å². The summed E-state index contributed by atoms with van der Waals surface area (Å²) in [7, 11) is 1.61. The van der Waals surface area contributed by atoms with E-state index in [1.807, 2.05) is 24.3 Å². The molecule has 1 heterocycles. The van der Waals surface area contributed by atoms with Gasteiger partial charge in [-0.2, -0.15) is 0 Å². The fourth-order valence-corrected chi connectivity index (χ4v) is 3.60. The molecule has 0 spiro atoms. The van der Waals surface area contributed by atoms with Gasteiger partial charge in [0.15, 0.2) is 11.5 Å². The summed E-state index contributed by atoms with van der Waals surface area (Å²) < 4.78 is 24.5. The molecule has 0 amide bonds. The van der Waals surface area contributed by atoms with Gasteiger partial charge in [-0.1, -0.05) is 18.2 Å². The number of nitrogens with one attached hydrogen (secondary N) is 1. The average Bonchev–Trinajstić information content (AvgIpc) is 3.23. The molecular weight excluding hydrogens is 371 g/mol. The van der Waals surface area contributed by atoms with Gasteiger partial charge in [0.25, 0.3) is 0 Å². The highest BCUT2D eigenvalue weighted by molar-refractivity contribution is 5.43. The number of methoxy groups -OCH3 is 1. The van der Waals surface area contributed by atoms with Crippen molar-refractivity contribution in [1.82, 2.24) is 10.2 Å². The minimum Gasteiger partial charge on any atom is -0.493 e. The maximum atomic E-state index is 13.2. The summed E-state index contributed by atoms with van der Waals surface area (Å²) in [6, 6.07) is 12.5. The number of aliphatic hydroxyl groups excluding tert-OH is 1. The quantitative estimate of drug-likeness (QED) is 0.566. The SMILES string of the molecule is COc1ccc(CNCCc2cccc(F)c2)cc1OC[C@H](O)CN1CCCC1. The minimum absolute atomic E-state index is 0.202. The molecule has 5 nitrogen and oxygen atoms in total. The van der Waals surface area contributed by atoms with Crippen molar-refractivity contribution in [3.05, 3.63) is 59.4 Å². The second kappa shape index (κ2) is 11.1. The molecule has 1 saturated heterocycles. The van der Waals surface area contributed by atoms with Crippen LogP contribution in [0.1, 0.15) is 24.0 Å². The Labute approximate surface area is 172 Å². The fourth-order valence-electron chi connectivity index (χ4n) is 3.60. The molecule has 0 bridgehead atoms. The third kappa shape index (κ3) is 6.99. The molecular formula is C23H31FN2O3. The van der Waals surface area contributed by atoms with Gasteiger partial charge in [0, 0.05) is 13.1 Å². The Kier molecular flexibility index (Phi) is 8.28. The molecule has 2 aromatic rings. The summed E-state index contributed by atoms with van der Waals surface area (Å²) in [4.78, 5) is 2.27. The van der Waals surface area contributed by atoms with Crippen molar-refractivity contribution in [2.75, 3.05) is 39.9 Å². The van der Waals surface area contributed by atoms with E-state index < -0.39 is 6.10 Å². The summed E-state index contributed by atoms with van der Waals surface area (Å²) in [6.07, 6.45) is 2.65. The first-order valence-electron chi connectivity index (χ1n) is 10.3. The molecule has 6 heteroatoms. The van der Waals surface area contributed by atoms with E-state index in [0.717, 1.165) is 37.2 Å². The van der Waals surface area contributed by atoms with E-state index in [0.29, 0.717) is 24.6 Å². The van der Waals surface area contributed by atoms with E-state index in [-0.39, 0.29) is 12.4 Å². The van der Waals surface area contributed by atoms with Crippen molar-refractivity contribution in [3.63, 3.8) is 0 Å². The van der Waals surface area contributed by atoms with Crippen LogP contribution in [0.15, 0.2) is 42.5 Å². The van der Waals surface area contributed by atoms with Crippen LogP contribution in [0.25, 0.3) is 0 Å². The topological polar surface area (TPSA) is 54.0 Å². The van der Waals surface area contributed by atoms with Crippen molar-refractivity contribution < 1.29 is 19.0 Å². The Morgan fingerprint density at radius 3 is 2.69 bits per heavy atom. The largest absolute Gasteiger partial charge is 0.493 e. The summed E-state index contributed by atoms with van der Waals surface area (Å²) in [5.74, 6) is 1.09. The van der Waals surface area contributed by atoms with E-state index >= 15 is 0 Å². The number of aliphatic hydroxyl groups is 1. The molecule has 158 valence electrons. The fraction of sp³-hybridized carbons (Fsp3) is 0.478. The number of β-amino-alcohol motifs (C(OH)–C–C–N with tert-alkyl or cyclic N) is 1. The van der Waals surface area contributed by atoms with Gasteiger partial charge < -0.3 is 24.8 Å². The summed E-state index contributed by atoms with van der Waals surface area (Å²) in [5, 5.41) is 13.6. The van der Waals surface area contributed by atoms with Crippen LogP contribution >= 0.6 is 0 Å². The molecule has 1 aliphatic rings. The van der Waals surface area contributed by atoms with Crippen LogP contribution in [0.2, 0.25) is 0 Å². The molecule has 0 radical (unpaired) electrons. The summed E-state index contributed by atoms with van der Waals surface area (Å²) in [5.41, 5.74) is 2.04. The van der Waals surface area contributed by atoms with Crippen LogP contribution in [-0.4, -0.2) is 56.0 Å². The van der Waals surface area contributed by atoms with E-state index in [1.54, 1.807) is 19.2 Å². The van der Waals surface area contributed by atoms with Crippen LogP contribution in [0.5, 0.6) is 11.5 Å². The van der Waals surface area contributed by atoms with Crippen molar-refractivity contribution in [2.24, 2.45) is 0 Å². The Morgan fingerprint density at radius 2 is 1.93 bits per heavy atom. The van der Waals surface area contributed by atoms with Gasteiger partial charge in [-0.15, -0.1) is 0 Å². The van der Waals surface area contributed by atoms with Gasteiger partial charge >= 0.3 is 0 Å². The van der Waals surface area contributed by atoms with Gasteiger partial charge in [0.05, 0.1) is 7.11 Å². The molecule has 0 unspecified atom stereocenters. The molecule has 2 N–H and O–H groups in total. The second-order valence-electron chi connectivity index (χ2n) is 7.51. The molecule has 0 aliphatic carbocycles. The first kappa shape index (κ1) is 21.6. The van der Waals surface area contributed by atoms with Crippen LogP contribution in [0.3, 0.4) is 0 Å². The summed E-state index contributed by atoms with van der Waals surface area (Å²) >= 11 is 0. The smallest absolute Gasteiger partial charge is 0.161 e. The molecule has 0 saturated carbocycles. The average molecular weight is 403 g/mol. The van der Waals surface area contributed by atoms with Crippen LogP contribution < -0.4 is 14.8 Å². The highest BCUT2D eigenvalue weighted by atomic mass is 19.1. The van der Waals surface area contributed by atoms with Crippen molar-refractivity contribution in [1.29, 1.82) is 0 Å². The monoisotopic (exact) mass is 402 g/mol. The van der Waals surface area contributed by atoms with Gasteiger partial charge in [-0.05, 0) is 74.3 Å². The molecule has 1 atom stereocenters. The first-order chi connectivity index (χ1) is 14.1.